The molecule has 2 rings (SSSR count). The Morgan fingerprint density at radius 2 is 1.22 bits per heavy atom. The van der Waals surface area contributed by atoms with Crippen molar-refractivity contribution < 1.29 is 41.7 Å². The minimum absolute atomic E-state index is 0.0865. The van der Waals surface area contributed by atoms with Crippen molar-refractivity contribution in [2.24, 2.45) is 0 Å². The topological polar surface area (TPSA) is 83.1 Å². The van der Waals surface area contributed by atoms with Gasteiger partial charge in [-0.1, -0.05) is 122 Å². The van der Waals surface area contributed by atoms with E-state index in [1.165, 1.54) is 69.6 Å². The van der Waals surface area contributed by atoms with Gasteiger partial charge in [0.2, 0.25) is 0 Å². The number of allylic oxidation sites excluding steroid dienone is 1. The molecule has 1 aliphatic heterocycles. The molecule has 46 heavy (non-hydrogen) atoms. The molecule has 0 fully saturated rings. The van der Waals surface area contributed by atoms with Gasteiger partial charge in [0.1, 0.15) is 11.9 Å². The van der Waals surface area contributed by atoms with E-state index in [0.717, 1.165) is 44.6 Å². The Kier molecular flexibility index (Phi) is 18.6. The predicted octanol–water partition coefficient (Wildman–Crippen LogP) is 11.0. The summed E-state index contributed by atoms with van der Waals surface area (Å²) in [6.45, 7) is 7.94. The third-order valence-corrected chi connectivity index (χ3v) is 8.38. The summed E-state index contributed by atoms with van der Waals surface area (Å²) in [4.78, 5) is 25.6. The fraction of sp³-hybridized carbons (Fsp3) is 0.722. The standard InChI is InChI=1S/C36H56F3NO6/c1-5-7-9-11-13-15-17-21-25-43-34(41)45-32-27(3)40-28(4)33(31(32)29-23-19-20-24-30(29)36(37,38)39)46-35(42)44-26-22-18-16-14-12-10-8-6-2/h19-20,23-24,27,31-32,40H,5-18,21-22,25-26H2,1-4H3. The maximum absolute atomic E-state index is 14.2. The summed E-state index contributed by atoms with van der Waals surface area (Å²) in [6.07, 6.45) is 9.31. The Morgan fingerprint density at radius 1 is 0.739 bits per heavy atom. The smallest absolute Gasteiger partial charge is 0.434 e. The van der Waals surface area contributed by atoms with Crippen LogP contribution in [0.25, 0.3) is 0 Å². The highest BCUT2D eigenvalue weighted by molar-refractivity contribution is 5.63. The summed E-state index contributed by atoms with van der Waals surface area (Å²) >= 11 is 0. The lowest BCUT2D eigenvalue weighted by atomic mass is 9.82. The minimum atomic E-state index is -4.69. The van der Waals surface area contributed by atoms with Gasteiger partial charge in [-0.3, -0.25) is 0 Å². The normalized spacial score (nSPS) is 18.2. The lowest BCUT2D eigenvalue weighted by Crippen LogP contribution is -2.49. The van der Waals surface area contributed by atoms with Gasteiger partial charge in [0.25, 0.3) is 0 Å². The molecule has 262 valence electrons. The first-order chi connectivity index (χ1) is 22.1. The number of benzene rings is 1. The molecule has 1 N–H and O–H groups in total. The molecule has 0 aromatic heterocycles. The van der Waals surface area contributed by atoms with Crippen molar-refractivity contribution in [3.8, 4) is 0 Å². The van der Waals surface area contributed by atoms with Crippen LogP contribution in [0.5, 0.6) is 0 Å². The van der Waals surface area contributed by atoms with Gasteiger partial charge in [0.05, 0.1) is 30.7 Å². The van der Waals surface area contributed by atoms with Crippen molar-refractivity contribution in [3.05, 3.63) is 46.8 Å². The molecule has 1 heterocycles. The van der Waals surface area contributed by atoms with Gasteiger partial charge in [0.15, 0.2) is 0 Å². The molecule has 0 bridgehead atoms. The Hall–Kier alpha value is -2.91. The number of carbonyl (C=O) groups is 2. The summed E-state index contributed by atoms with van der Waals surface area (Å²) in [5, 5.41) is 3.09. The molecule has 0 amide bonds. The lowest BCUT2D eigenvalue weighted by molar-refractivity contribution is -0.138. The van der Waals surface area contributed by atoms with Gasteiger partial charge in [-0.15, -0.1) is 0 Å². The first-order valence-electron chi connectivity index (χ1n) is 17.4. The van der Waals surface area contributed by atoms with Crippen LogP contribution in [0.2, 0.25) is 0 Å². The number of halogens is 3. The largest absolute Gasteiger partial charge is 0.513 e. The summed E-state index contributed by atoms with van der Waals surface area (Å²) in [6, 6.07) is 4.44. The first kappa shape index (κ1) is 39.3. The second-order valence-electron chi connectivity index (χ2n) is 12.3. The van der Waals surface area contributed by atoms with Crippen LogP contribution in [0, 0.1) is 0 Å². The molecular weight excluding hydrogens is 599 g/mol. The van der Waals surface area contributed by atoms with Gasteiger partial charge in [-0.2, -0.15) is 13.2 Å². The van der Waals surface area contributed by atoms with E-state index in [1.807, 2.05) is 0 Å². The van der Waals surface area contributed by atoms with E-state index in [9.17, 15) is 22.8 Å². The zero-order chi connectivity index (χ0) is 33.8. The average Bonchev–Trinajstić information content (AvgIpc) is 3.01. The first-order valence-corrected chi connectivity index (χ1v) is 17.4. The summed E-state index contributed by atoms with van der Waals surface area (Å²) in [5.41, 5.74) is -0.726. The van der Waals surface area contributed by atoms with Gasteiger partial charge in [-0.05, 0) is 38.3 Å². The molecule has 1 aromatic carbocycles. The van der Waals surface area contributed by atoms with E-state index in [4.69, 9.17) is 18.9 Å². The predicted molar refractivity (Wildman–Crippen MR) is 173 cm³/mol. The lowest BCUT2D eigenvalue weighted by Gasteiger charge is -2.39. The zero-order valence-corrected chi connectivity index (χ0v) is 28.4. The van der Waals surface area contributed by atoms with E-state index in [2.05, 4.69) is 19.2 Å². The van der Waals surface area contributed by atoms with Crippen LogP contribution < -0.4 is 5.32 Å². The second-order valence-corrected chi connectivity index (χ2v) is 12.3. The number of rotatable bonds is 21. The molecular formula is C36H56F3NO6. The van der Waals surface area contributed by atoms with Crippen LogP contribution in [0.3, 0.4) is 0 Å². The molecule has 3 unspecified atom stereocenters. The average molecular weight is 656 g/mol. The fourth-order valence-corrected chi connectivity index (χ4v) is 5.87. The van der Waals surface area contributed by atoms with Crippen molar-refractivity contribution in [1.29, 1.82) is 0 Å². The molecule has 1 aromatic rings. The molecule has 0 radical (unpaired) electrons. The minimum Gasteiger partial charge on any atom is -0.434 e. The third-order valence-electron chi connectivity index (χ3n) is 8.38. The van der Waals surface area contributed by atoms with Gasteiger partial charge < -0.3 is 24.3 Å². The number of hydrogen-bond acceptors (Lipinski definition) is 7. The van der Waals surface area contributed by atoms with Crippen LogP contribution in [0.15, 0.2) is 35.7 Å². The van der Waals surface area contributed by atoms with Crippen LogP contribution in [0.1, 0.15) is 147 Å². The Balaban J connectivity index is 2.08. The number of carbonyl (C=O) groups excluding carboxylic acids is 2. The fourth-order valence-electron chi connectivity index (χ4n) is 5.87. The zero-order valence-electron chi connectivity index (χ0n) is 28.4. The van der Waals surface area contributed by atoms with E-state index in [1.54, 1.807) is 13.8 Å². The van der Waals surface area contributed by atoms with Gasteiger partial charge >= 0.3 is 18.5 Å². The number of hydrogen-bond donors (Lipinski definition) is 1. The number of alkyl halides is 3. The van der Waals surface area contributed by atoms with Crippen molar-refractivity contribution in [2.75, 3.05) is 13.2 Å². The number of ether oxygens (including phenoxy) is 4. The van der Waals surface area contributed by atoms with E-state index < -0.39 is 42.1 Å². The van der Waals surface area contributed by atoms with E-state index in [-0.39, 0.29) is 24.5 Å². The molecule has 0 spiro atoms. The Bertz CT molecular complexity index is 1060. The second kappa shape index (κ2) is 21.8. The highest BCUT2D eigenvalue weighted by atomic mass is 19.4. The van der Waals surface area contributed by atoms with E-state index >= 15 is 0 Å². The van der Waals surface area contributed by atoms with Gasteiger partial charge in [0, 0.05) is 5.70 Å². The molecule has 0 saturated heterocycles. The molecule has 10 heteroatoms. The highest BCUT2D eigenvalue weighted by Crippen LogP contribution is 2.43. The quantitative estimate of drug-likeness (QED) is 0.104. The number of unbranched alkanes of at least 4 members (excludes halogenated alkanes) is 14. The van der Waals surface area contributed by atoms with Crippen LogP contribution in [-0.2, 0) is 25.1 Å². The highest BCUT2D eigenvalue weighted by Gasteiger charge is 2.45. The molecule has 0 saturated carbocycles. The number of nitrogens with one attached hydrogen (secondary N) is 1. The van der Waals surface area contributed by atoms with Crippen LogP contribution in [-0.4, -0.2) is 37.7 Å². The summed E-state index contributed by atoms with van der Waals surface area (Å²) in [7, 11) is 0. The maximum atomic E-state index is 14.2. The Labute approximate surface area is 274 Å². The maximum Gasteiger partial charge on any atom is 0.513 e. The van der Waals surface area contributed by atoms with Crippen LogP contribution >= 0.6 is 0 Å². The Morgan fingerprint density at radius 3 is 1.74 bits per heavy atom. The van der Waals surface area contributed by atoms with Gasteiger partial charge in [-0.25, -0.2) is 9.59 Å². The summed E-state index contributed by atoms with van der Waals surface area (Å²) in [5.74, 6) is -1.32. The van der Waals surface area contributed by atoms with Crippen molar-refractivity contribution in [2.45, 2.75) is 155 Å². The molecule has 1 aliphatic rings. The van der Waals surface area contributed by atoms with Crippen molar-refractivity contribution >= 4 is 12.3 Å². The monoisotopic (exact) mass is 655 g/mol. The van der Waals surface area contributed by atoms with E-state index in [0.29, 0.717) is 18.5 Å². The summed E-state index contributed by atoms with van der Waals surface area (Å²) < 4.78 is 64.4. The SMILES string of the molecule is CCCCCCCCCCOC(=O)OC1=C(C)NC(C)C(OC(=O)OCCCCCCCCCC)C1c1ccccc1C(F)(F)F. The van der Waals surface area contributed by atoms with Crippen molar-refractivity contribution in [3.63, 3.8) is 0 Å². The third kappa shape index (κ3) is 14.2. The van der Waals surface area contributed by atoms with Crippen molar-refractivity contribution in [1.82, 2.24) is 5.32 Å². The molecule has 7 nitrogen and oxygen atoms in total. The van der Waals surface area contributed by atoms with Crippen LogP contribution in [0.4, 0.5) is 22.8 Å². The molecule has 0 aliphatic carbocycles. The molecule has 3 atom stereocenters.